The van der Waals surface area contributed by atoms with E-state index in [-0.39, 0.29) is 16.8 Å². The summed E-state index contributed by atoms with van der Waals surface area (Å²) in [6.45, 7) is 2.25. The molecule has 0 fully saturated rings. The van der Waals surface area contributed by atoms with Crippen LogP contribution in [0.3, 0.4) is 0 Å². The van der Waals surface area contributed by atoms with E-state index in [0.29, 0.717) is 35.2 Å². The number of aromatic nitrogens is 5. The number of fused-ring (bicyclic) bond motifs is 1. The van der Waals surface area contributed by atoms with Gasteiger partial charge in [-0.15, -0.1) is 0 Å². The Bertz CT molecular complexity index is 1650. The Morgan fingerprint density at radius 2 is 1.59 bits per heavy atom. The minimum absolute atomic E-state index is 0.0107. The Kier molecular flexibility index (Phi) is 6.33. The summed E-state index contributed by atoms with van der Waals surface area (Å²) in [7, 11) is 0. The molecule has 0 bridgehead atoms. The standard InChI is InChI=1S/C26H22FN7O3/c1-2-13-33-26(37)20-8-4-3-7-19(20)22(31-33)24(36)30-29-23(35)21-16-28-34(18-11-9-17(27)10-12-18)25(21)32-14-5-6-15-32/h3-12,14-16H,2,13H2,1H3,(H,29,35)(H,30,36). The number of carbonyl (C=O) groups excluding carboxylic acids is 2. The van der Waals surface area contributed by atoms with Gasteiger partial charge < -0.3 is 4.57 Å². The van der Waals surface area contributed by atoms with E-state index in [0.717, 1.165) is 0 Å². The van der Waals surface area contributed by atoms with Gasteiger partial charge in [0.25, 0.3) is 17.4 Å². The highest BCUT2D eigenvalue weighted by Crippen LogP contribution is 2.20. The number of hydrazine groups is 1. The molecule has 0 atom stereocenters. The number of nitrogens with zero attached hydrogens (tertiary/aromatic N) is 5. The Balaban J connectivity index is 1.45. The number of hydrogen-bond acceptors (Lipinski definition) is 5. The lowest BCUT2D eigenvalue weighted by molar-refractivity contribution is 0.0843. The molecule has 0 unspecified atom stereocenters. The number of carbonyl (C=O) groups is 2. The third-order valence-electron chi connectivity index (χ3n) is 5.72. The zero-order valence-corrected chi connectivity index (χ0v) is 19.8. The maximum Gasteiger partial charge on any atom is 0.290 e. The summed E-state index contributed by atoms with van der Waals surface area (Å²) in [4.78, 5) is 38.9. The van der Waals surface area contributed by atoms with Gasteiger partial charge in [-0.3, -0.25) is 25.2 Å². The Morgan fingerprint density at radius 3 is 2.30 bits per heavy atom. The van der Waals surface area contributed by atoms with Crippen molar-refractivity contribution in [2.45, 2.75) is 19.9 Å². The van der Waals surface area contributed by atoms with E-state index < -0.39 is 17.6 Å². The summed E-state index contributed by atoms with van der Waals surface area (Å²) in [5.41, 5.74) is 5.23. The van der Waals surface area contributed by atoms with Gasteiger partial charge in [-0.25, -0.2) is 13.8 Å². The van der Waals surface area contributed by atoms with Gasteiger partial charge in [0.15, 0.2) is 11.5 Å². The molecule has 3 heterocycles. The summed E-state index contributed by atoms with van der Waals surface area (Å²) in [6, 6.07) is 15.9. The predicted octanol–water partition coefficient (Wildman–Crippen LogP) is 3.00. The van der Waals surface area contributed by atoms with Crippen LogP contribution in [0.25, 0.3) is 22.3 Å². The van der Waals surface area contributed by atoms with Crippen LogP contribution in [0.15, 0.2) is 84.0 Å². The molecule has 3 aromatic heterocycles. The van der Waals surface area contributed by atoms with E-state index in [1.165, 1.54) is 27.7 Å². The molecule has 0 spiro atoms. The quantitative estimate of drug-likeness (QED) is 0.349. The molecule has 0 aliphatic rings. The number of amides is 2. The molecular formula is C26H22FN7O3. The first-order valence-electron chi connectivity index (χ1n) is 11.6. The predicted molar refractivity (Wildman–Crippen MR) is 134 cm³/mol. The first-order chi connectivity index (χ1) is 18.0. The molecule has 0 aliphatic heterocycles. The summed E-state index contributed by atoms with van der Waals surface area (Å²) in [5.74, 6) is -1.31. The van der Waals surface area contributed by atoms with Gasteiger partial charge >= 0.3 is 0 Å². The van der Waals surface area contributed by atoms with E-state index in [9.17, 15) is 18.8 Å². The highest BCUT2D eigenvalue weighted by Gasteiger charge is 2.22. The molecule has 0 saturated carbocycles. The van der Waals surface area contributed by atoms with Crippen molar-refractivity contribution >= 4 is 22.6 Å². The summed E-state index contributed by atoms with van der Waals surface area (Å²) < 4.78 is 17.9. The number of benzene rings is 2. The molecule has 0 aliphatic carbocycles. The summed E-state index contributed by atoms with van der Waals surface area (Å²) in [6.07, 6.45) is 5.48. The van der Waals surface area contributed by atoms with Gasteiger partial charge in [-0.05, 0) is 48.9 Å². The van der Waals surface area contributed by atoms with E-state index in [2.05, 4.69) is 21.0 Å². The highest BCUT2D eigenvalue weighted by atomic mass is 19.1. The van der Waals surface area contributed by atoms with Gasteiger partial charge in [0, 0.05) is 24.3 Å². The number of halogens is 1. The van der Waals surface area contributed by atoms with Gasteiger partial charge in [-0.1, -0.05) is 25.1 Å². The van der Waals surface area contributed by atoms with Crippen LogP contribution in [0.2, 0.25) is 0 Å². The lowest BCUT2D eigenvalue weighted by Crippen LogP contribution is -2.43. The zero-order chi connectivity index (χ0) is 25.9. The van der Waals surface area contributed by atoms with Crippen molar-refractivity contribution in [3.8, 4) is 11.5 Å². The van der Waals surface area contributed by atoms with Gasteiger partial charge in [0.05, 0.1) is 17.3 Å². The van der Waals surface area contributed by atoms with E-state index in [4.69, 9.17) is 0 Å². The van der Waals surface area contributed by atoms with Crippen molar-refractivity contribution in [2.75, 3.05) is 0 Å². The molecule has 186 valence electrons. The molecular weight excluding hydrogens is 477 g/mol. The van der Waals surface area contributed by atoms with Gasteiger partial charge in [0.1, 0.15) is 11.4 Å². The Hall–Kier alpha value is -5.06. The summed E-state index contributed by atoms with van der Waals surface area (Å²) in [5, 5.41) is 9.29. The van der Waals surface area contributed by atoms with Crippen LogP contribution in [0, 0.1) is 5.82 Å². The van der Waals surface area contributed by atoms with Crippen LogP contribution in [0.1, 0.15) is 34.2 Å². The van der Waals surface area contributed by atoms with Crippen molar-refractivity contribution in [3.63, 3.8) is 0 Å². The number of hydrogen-bond donors (Lipinski definition) is 2. The van der Waals surface area contributed by atoms with Crippen molar-refractivity contribution in [1.82, 2.24) is 35.0 Å². The Labute approximate surface area is 209 Å². The SMILES string of the molecule is CCCn1nc(C(=O)NNC(=O)c2cnn(-c3ccc(F)cc3)c2-n2cccc2)c2ccccc2c1=O. The molecule has 2 amide bonds. The van der Waals surface area contributed by atoms with Crippen LogP contribution in [0.5, 0.6) is 0 Å². The minimum atomic E-state index is -0.678. The third-order valence-corrected chi connectivity index (χ3v) is 5.72. The van der Waals surface area contributed by atoms with E-state index in [1.54, 1.807) is 65.5 Å². The average molecular weight is 500 g/mol. The molecule has 5 aromatic rings. The maximum absolute atomic E-state index is 13.5. The van der Waals surface area contributed by atoms with Crippen LogP contribution >= 0.6 is 0 Å². The van der Waals surface area contributed by atoms with Crippen LogP contribution in [0.4, 0.5) is 4.39 Å². The van der Waals surface area contributed by atoms with Gasteiger partial charge in [0.2, 0.25) is 0 Å². The summed E-state index contributed by atoms with van der Waals surface area (Å²) >= 11 is 0. The van der Waals surface area contributed by atoms with Crippen LogP contribution in [-0.2, 0) is 6.54 Å². The Morgan fingerprint density at radius 1 is 0.919 bits per heavy atom. The fraction of sp³-hybridized carbons (Fsp3) is 0.115. The van der Waals surface area contributed by atoms with Crippen molar-refractivity contribution < 1.29 is 14.0 Å². The fourth-order valence-electron chi connectivity index (χ4n) is 4.00. The third kappa shape index (κ3) is 4.49. The lowest BCUT2D eigenvalue weighted by atomic mass is 10.1. The molecule has 10 nitrogen and oxygen atoms in total. The second kappa shape index (κ2) is 9.90. The maximum atomic E-state index is 13.5. The number of nitrogens with one attached hydrogen (secondary N) is 2. The smallest absolute Gasteiger partial charge is 0.290 e. The van der Waals surface area contributed by atoms with Crippen LogP contribution < -0.4 is 16.4 Å². The normalized spacial score (nSPS) is 11.0. The van der Waals surface area contributed by atoms with Crippen LogP contribution in [-0.4, -0.2) is 35.9 Å². The number of rotatable bonds is 6. The molecule has 5 rings (SSSR count). The van der Waals surface area contributed by atoms with Gasteiger partial charge in [-0.2, -0.15) is 10.2 Å². The van der Waals surface area contributed by atoms with E-state index in [1.807, 2.05) is 6.92 Å². The first kappa shape index (κ1) is 23.7. The fourth-order valence-corrected chi connectivity index (χ4v) is 4.00. The molecule has 0 radical (unpaired) electrons. The molecule has 2 N–H and O–H groups in total. The highest BCUT2D eigenvalue weighted by molar-refractivity contribution is 6.06. The molecule has 0 saturated heterocycles. The molecule has 37 heavy (non-hydrogen) atoms. The largest absolute Gasteiger partial charge is 0.308 e. The second-order valence-electron chi connectivity index (χ2n) is 8.19. The number of aryl methyl sites for hydroxylation is 1. The van der Waals surface area contributed by atoms with Crippen molar-refractivity contribution in [2.24, 2.45) is 0 Å². The lowest BCUT2D eigenvalue weighted by Gasteiger charge is -2.13. The average Bonchev–Trinajstić information content (AvgIpc) is 3.59. The van der Waals surface area contributed by atoms with Crippen molar-refractivity contribution in [3.05, 3.63) is 107 Å². The minimum Gasteiger partial charge on any atom is -0.308 e. The second-order valence-corrected chi connectivity index (χ2v) is 8.19. The molecule has 2 aromatic carbocycles. The zero-order valence-electron chi connectivity index (χ0n) is 19.8. The van der Waals surface area contributed by atoms with Crippen molar-refractivity contribution in [1.29, 1.82) is 0 Å². The van der Waals surface area contributed by atoms with E-state index >= 15 is 0 Å². The topological polar surface area (TPSA) is 116 Å². The monoisotopic (exact) mass is 499 g/mol. The molecule has 11 heteroatoms. The first-order valence-corrected chi connectivity index (χ1v) is 11.6.